The lowest BCUT2D eigenvalue weighted by Gasteiger charge is -2.40. The molecule has 2 aliphatic rings. The van der Waals surface area contributed by atoms with Gasteiger partial charge >= 0.3 is 0 Å². The molecule has 3 unspecified atom stereocenters. The van der Waals surface area contributed by atoms with Crippen LogP contribution in [0.5, 0.6) is 0 Å². The van der Waals surface area contributed by atoms with Crippen LogP contribution in [0.4, 0.5) is 0 Å². The van der Waals surface area contributed by atoms with Crippen molar-refractivity contribution in [1.82, 2.24) is 10.2 Å². The first-order valence-corrected chi connectivity index (χ1v) is 8.50. The van der Waals surface area contributed by atoms with E-state index in [0.29, 0.717) is 0 Å². The molecule has 0 amide bonds. The Bertz CT molecular complexity index is 258. The third kappa shape index (κ3) is 4.46. The SMILES string of the molecule is CC1CCC(CCNC2CC(C)N(C)CC2C)CC1. The van der Waals surface area contributed by atoms with E-state index in [4.69, 9.17) is 0 Å². The van der Waals surface area contributed by atoms with E-state index in [0.717, 1.165) is 29.8 Å². The second kappa shape index (κ2) is 7.08. The first-order chi connectivity index (χ1) is 9.06. The quantitative estimate of drug-likeness (QED) is 0.837. The van der Waals surface area contributed by atoms with Crippen LogP contribution in [0, 0.1) is 17.8 Å². The molecule has 0 aromatic rings. The molecule has 3 atom stereocenters. The van der Waals surface area contributed by atoms with E-state index in [1.165, 1.54) is 51.6 Å². The lowest BCUT2D eigenvalue weighted by molar-refractivity contribution is 0.120. The summed E-state index contributed by atoms with van der Waals surface area (Å²) in [6.07, 6.45) is 8.60. The predicted octanol–water partition coefficient (Wildman–Crippen LogP) is 3.52. The summed E-state index contributed by atoms with van der Waals surface area (Å²) in [6, 6.07) is 1.48. The second-order valence-electron chi connectivity index (χ2n) is 7.48. The van der Waals surface area contributed by atoms with Crippen molar-refractivity contribution in [3.05, 3.63) is 0 Å². The van der Waals surface area contributed by atoms with Gasteiger partial charge < -0.3 is 10.2 Å². The van der Waals surface area contributed by atoms with Gasteiger partial charge in [0.1, 0.15) is 0 Å². The van der Waals surface area contributed by atoms with Crippen molar-refractivity contribution in [2.45, 2.75) is 71.4 Å². The fourth-order valence-corrected chi connectivity index (χ4v) is 3.92. The normalized spacial score (nSPS) is 41.4. The summed E-state index contributed by atoms with van der Waals surface area (Å²) in [5, 5.41) is 3.85. The molecule has 1 aliphatic heterocycles. The van der Waals surface area contributed by atoms with Crippen LogP contribution in [0.2, 0.25) is 0 Å². The summed E-state index contributed by atoms with van der Waals surface area (Å²) in [6.45, 7) is 9.67. The summed E-state index contributed by atoms with van der Waals surface area (Å²) < 4.78 is 0. The smallest absolute Gasteiger partial charge is 0.0120 e. The molecular formula is C17H34N2. The highest BCUT2D eigenvalue weighted by Crippen LogP contribution is 2.30. The molecule has 0 bridgehead atoms. The highest BCUT2D eigenvalue weighted by molar-refractivity contribution is 4.86. The minimum Gasteiger partial charge on any atom is -0.314 e. The van der Waals surface area contributed by atoms with E-state index in [1.807, 2.05) is 0 Å². The van der Waals surface area contributed by atoms with Gasteiger partial charge in [-0.15, -0.1) is 0 Å². The summed E-state index contributed by atoms with van der Waals surface area (Å²) in [5.41, 5.74) is 0. The number of rotatable bonds is 4. The Morgan fingerprint density at radius 2 is 1.74 bits per heavy atom. The molecule has 19 heavy (non-hydrogen) atoms. The molecule has 0 spiro atoms. The second-order valence-corrected chi connectivity index (χ2v) is 7.48. The molecule has 0 aromatic heterocycles. The van der Waals surface area contributed by atoms with Crippen LogP contribution in [0.3, 0.4) is 0 Å². The van der Waals surface area contributed by atoms with Gasteiger partial charge in [0.05, 0.1) is 0 Å². The molecule has 1 saturated carbocycles. The highest BCUT2D eigenvalue weighted by Gasteiger charge is 2.28. The van der Waals surface area contributed by atoms with E-state index in [-0.39, 0.29) is 0 Å². The van der Waals surface area contributed by atoms with Crippen molar-refractivity contribution in [1.29, 1.82) is 0 Å². The standard InChI is InChI=1S/C17H34N2/c1-13-5-7-16(8-6-13)9-10-18-17-11-15(3)19(4)12-14(17)2/h13-18H,5-12H2,1-4H3. The van der Waals surface area contributed by atoms with E-state index >= 15 is 0 Å². The summed E-state index contributed by atoms with van der Waals surface area (Å²) in [7, 11) is 2.26. The van der Waals surface area contributed by atoms with Crippen LogP contribution in [-0.4, -0.2) is 37.1 Å². The Morgan fingerprint density at radius 1 is 1.05 bits per heavy atom. The van der Waals surface area contributed by atoms with Crippen molar-refractivity contribution >= 4 is 0 Å². The third-order valence-electron chi connectivity index (χ3n) is 5.70. The lowest BCUT2D eigenvalue weighted by Crippen LogP contribution is -2.51. The third-order valence-corrected chi connectivity index (χ3v) is 5.70. The molecule has 0 radical (unpaired) electrons. The number of nitrogens with one attached hydrogen (secondary N) is 1. The number of nitrogens with zero attached hydrogens (tertiary/aromatic N) is 1. The monoisotopic (exact) mass is 266 g/mol. The van der Waals surface area contributed by atoms with Gasteiger partial charge in [-0.1, -0.05) is 39.5 Å². The molecule has 0 aromatic carbocycles. The largest absolute Gasteiger partial charge is 0.314 e. The Morgan fingerprint density at radius 3 is 2.42 bits per heavy atom. The Hall–Kier alpha value is -0.0800. The zero-order valence-corrected chi connectivity index (χ0v) is 13.5. The highest BCUT2D eigenvalue weighted by atomic mass is 15.2. The van der Waals surface area contributed by atoms with Gasteiger partial charge in [0, 0.05) is 18.6 Å². The van der Waals surface area contributed by atoms with Gasteiger partial charge in [-0.3, -0.25) is 0 Å². The maximum atomic E-state index is 3.85. The number of hydrogen-bond donors (Lipinski definition) is 1. The predicted molar refractivity (Wildman–Crippen MR) is 83.4 cm³/mol. The Kier molecular flexibility index (Phi) is 5.70. The van der Waals surface area contributed by atoms with Crippen molar-refractivity contribution in [2.75, 3.05) is 20.1 Å². The summed E-state index contributed by atoms with van der Waals surface area (Å²) in [4.78, 5) is 2.51. The van der Waals surface area contributed by atoms with Crippen LogP contribution in [0.15, 0.2) is 0 Å². The Labute approximate surface area is 120 Å². The molecule has 2 heteroatoms. The van der Waals surface area contributed by atoms with E-state index < -0.39 is 0 Å². The number of likely N-dealkylation sites (tertiary alicyclic amines) is 1. The van der Waals surface area contributed by atoms with Gasteiger partial charge in [-0.25, -0.2) is 0 Å². The van der Waals surface area contributed by atoms with Crippen molar-refractivity contribution in [2.24, 2.45) is 17.8 Å². The van der Waals surface area contributed by atoms with Crippen molar-refractivity contribution in [3.63, 3.8) is 0 Å². The zero-order valence-electron chi connectivity index (χ0n) is 13.5. The van der Waals surface area contributed by atoms with Gasteiger partial charge in [0.15, 0.2) is 0 Å². The fraction of sp³-hybridized carbons (Fsp3) is 1.00. The van der Waals surface area contributed by atoms with E-state index in [1.54, 1.807) is 0 Å². The minimum atomic E-state index is 0.740. The van der Waals surface area contributed by atoms with Gasteiger partial charge in [-0.05, 0) is 51.1 Å². The van der Waals surface area contributed by atoms with Crippen LogP contribution in [0.25, 0.3) is 0 Å². The lowest BCUT2D eigenvalue weighted by atomic mass is 9.81. The average molecular weight is 266 g/mol. The van der Waals surface area contributed by atoms with Crippen molar-refractivity contribution < 1.29 is 0 Å². The Balaban J connectivity index is 1.65. The molecule has 112 valence electrons. The van der Waals surface area contributed by atoms with Crippen LogP contribution in [0.1, 0.15) is 59.3 Å². The molecule has 1 N–H and O–H groups in total. The zero-order chi connectivity index (χ0) is 13.8. The van der Waals surface area contributed by atoms with E-state index in [2.05, 4.69) is 38.0 Å². The molecule has 2 nitrogen and oxygen atoms in total. The number of hydrogen-bond acceptors (Lipinski definition) is 2. The number of piperidine rings is 1. The van der Waals surface area contributed by atoms with Crippen molar-refractivity contribution in [3.8, 4) is 0 Å². The van der Waals surface area contributed by atoms with Crippen LogP contribution < -0.4 is 5.32 Å². The van der Waals surface area contributed by atoms with Crippen LogP contribution in [-0.2, 0) is 0 Å². The topological polar surface area (TPSA) is 15.3 Å². The molecular weight excluding hydrogens is 232 g/mol. The van der Waals surface area contributed by atoms with Gasteiger partial charge in [0.25, 0.3) is 0 Å². The molecule has 1 heterocycles. The van der Waals surface area contributed by atoms with Crippen LogP contribution >= 0.6 is 0 Å². The molecule has 1 aliphatic carbocycles. The maximum absolute atomic E-state index is 3.85. The van der Waals surface area contributed by atoms with Gasteiger partial charge in [0.2, 0.25) is 0 Å². The first kappa shape index (κ1) is 15.3. The van der Waals surface area contributed by atoms with E-state index in [9.17, 15) is 0 Å². The summed E-state index contributed by atoms with van der Waals surface area (Å²) >= 11 is 0. The molecule has 2 fully saturated rings. The van der Waals surface area contributed by atoms with Gasteiger partial charge in [-0.2, -0.15) is 0 Å². The molecule has 1 saturated heterocycles. The summed E-state index contributed by atoms with van der Waals surface area (Å²) in [5.74, 6) is 2.79. The maximum Gasteiger partial charge on any atom is 0.0120 e. The molecule has 2 rings (SSSR count). The minimum absolute atomic E-state index is 0.740. The average Bonchev–Trinajstić information content (AvgIpc) is 2.38. The first-order valence-electron chi connectivity index (χ1n) is 8.50. The fourth-order valence-electron chi connectivity index (χ4n) is 3.92.